The summed E-state index contributed by atoms with van der Waals surface area (Å²) in [5, 5.41) is 25.1. The molecule has 2 heterocycles. The molecule has 8 heteroatoms. The van der Waals surface area contributed by atoms with Gasteiger partial charge in [0.05, 0.1) is 22.1 Å². The molecule has 42 heavy (non-hydrogen) atoms. The van der Waals surface area contributed by atoms with Crippen LogP contribution in [0.5, 0.6) is 0 Å². The number of hydrogen-bond acceptors (Lipinski definition) is 6. The normalized spacial score (nSPS) is 14.9. The Balaban J connectivity index is 1.26. The predicted octanol–water partition coefficient (Wildman–Crippen LogP) is 6.00. The van der Waals surface area contributed by atoms with Gasteiger partial charge in [0.25, 0.3) is 0 Å². The number of aliphatic hydroxyl groups excluding tert-OH is 2. The Hall–Kier alpha value is -4.92. The monoisotopic (exact) mass is 562 g/mol. The van der Waals surface area contributed by atoms with Gasteiger partial charge in [-0.3, -0.25) is 0 Å². The fourth-order valence-corrected chi connectivity index (χ4v) is 5.64. The van der Waals surface area contributed by atoms with E-state index in [-0.39, 0.29) is 0 Å². The summed E-state index contributed by atoms with van der Waals surface area (Å²) >= 11 is 0. The minimum atomic E-state index is -1.05. The summed E-state index contributed by atoms with van der Waals surface area (Å²) in [6.07, 6.45) is -2.27. The van der Waals surface area contributed by atoms with E-state index in [4.69, 9.17) is 9.47 Å². The van der Waals surface area contributed by atoms with Crippen molar-refractivity contribution in [3.05, 3.63) is 109 Å². The second-order valence-electron chi connectivity index (χ2n) is 10.3. The van der Waals surface area contributed by atoms with Crippen molar-refractivity contribution < 1.29 is 29.3 Å². The first kappa shape index (κ1) is 27.3. The summed E-state index contributed by atoms with van der Waals surface area (Å²) in [5.41, 5.74) is 3.19. The van der Waals surface area contributed by atoms with Gasteiger partial charge in [-0.25, -0.2) is 9.59 Å². The third-order valence-corrected chi connectivity index (χ3v) is 7.40. The van der Waals surface area contributed by atoms with Crippen LogP contribution in [0.3, 0.4) is 0 Å². The van der Waals surface area contributed by atoms with Crippen LogP contribution in [0.25, 0.3) is 43.6 Å². The van der Waals surface area contributed by atoms with Crippen molar-refractivity contribution in [2.45, 2.75) is 38.5 Å². The minimum Gasteiger partial charge on any atom is -0.435 e. The molecule has 0 spiro atoms. The van der Waals surface area contributed by atoms with Gasteiger partial charge in [0.15, 0.2) is 0 Å². The van der Waals surface area contributed by atoms with Gasteiger partial charge in [0.2, 0.25) is 12.5 Å². The van der Waals surface area contributed by atoms with E-state index >= 15 is 0 Å². The molecule has 212 valence electrons. The number of ether oxygens (including phenoxy) is 2. The summed E-state index contributed by atoms with van der Waals surface area (Å²) in [7, 11) is 0. The minimum absolute atomic E-state index is 0.798. The molecule has 4 aromatic carbocycles. The Morgan fingerprint density at radius 1 is 0.548 bits per heavy atom. The summed E-state index contributed by atoms with van der Waals surface area (Å²) in [6, 6.07) is 30.7. The quantitative estimate of drug-likeness (QED) is 0.174. The molecular weight excluding hydrogens is 532 g/mol. The average molecular weight is 563 g/mol. The molecule has 2 N–H and O–H groups in total. The van der Waals surface area contributed by atoms with Crippen LogP contribution < -0.4 is 0 Å². The standard InChI is InChI=1S/C34H30N2O6/c1-21(37)33(35-27-15-7-3-11-23(27)24-12-4-8-16-28(24)35)41-31(39)19-20-32(40)42-34(22(2)38)36-29-17-9-5-13-25(29)26-14-6-10-18-30(26)36/h3-22,33-34,37-38H,1-2H3/b20-19+. The molecular formula is C34H30N2O6. The maximum Gasteiger partial charge on any atom is 0.333 e. The lowest BCUT2D eigenvalue weighted by Crippen LogP contribution is -2.27. The highest BCUT2D eigenvalue weighted by atomic mass is 16.6. The van der Waals surface area contributed by atoms with Gasteiger partial charge in [-0.1, -0.05) is 72.8 Å². The van der Waals surface area contributed by atoms with Crippen molar-refractivity contribution >= 4 is 55.6 Å². The van der Waals surface area contributed by atoms with Gasteiger partial charge in [-0.15, -0.1) is 0 Å². The van der Waals surface area contributed by atoms with Crippen molar-refractivity contribution in [2.75, 3.05) is 0 Å². The molecule has 0 aliphatic carbocycles. The molecule has 8 nitrogen and oxygen atoms in total. The molecule has 0 bridgehead atoms. The highest BCUT2D eigenvalue weighted by Crippen LogP contribution is 2.35. The number of aromatic nitrogens is 2. The summed E-state index contributed by atoms with van der Waals surface area (Å²) < 4.78 is 14.9. The van der Waals surface area contributed by atoms with E-state index in [2.05, 4.69) is 0 Å². The molecule has 0 radical (unpaired) electrons. The molecule has 0 saturated carbocycles. The zero-order chi connectivity index (χ0) is 29.4. The fourth-order valence-electron chi connectivity index (χ4n) is 5.64. The van der Waals surface area contributed by atoms with Crippen LogP contribution in [0.2, 0.25) is 0 Å². The van der Waals surface area contributed by atoms with Crippen LogP contribution in [0, 0.1) is 0 Å². The number of nitrogens with zero attached hydrogens (tertiary/aromatic N) is 2. The molecule has 0 amide bonds. The lowest BCUT2D eigenvalue weighted by molar-refractivity contribution is -0.157. The third-order valence-electron chi connectivity index (χ3n) is 7.40. The molecule has 4 unspecified atom stereocenters. The first-order valence-electron chi connectivity index (χ1n) is 13.8. The molecule has 0 fully saturated rings. The highest BCUT2D eigenvalue weighted by molar-refractivity contribution is 6.09. The number of esters is 2. The number of fused-ring (bicyclic) bond motifs is 6. The topological polar surface area (TPSA) is 103 Å². The Morgan fingerprint density at radius 3 is 1.07 bits per heavy atom. The summed E-state index contributed by atoms with van der Waals surface area (Å²) in [5.74, 6) is -1.66. The van der Waals surface area contributed by atoms with E-state index < -0.39 is 36.6 Å². The van der Waals surface area contributed by atoms with Crippen LogP contribution in [0.1, 0.15) is 26.3 Å². The second kappa shape index (κ2) is 11.2. The maximum absolute atomic E-state index is 12.9. The Labute approximate surface area is 241 Å². The van der Waals surface area contributed by atoms with Crippen LogP contribution in [-0.4, -0.2) is 43.5 Å². The smallest absolute Gasteiger partial charge is 0.333 e. The molecule has 0 aliphatic rings. The number of rotatable bonds is 8. The van der Waals surface area contributed by atoms with Gasteiger partial charge in [0.1, 0.15) is 12.2 Å². The van der Waals surface area contributed by atoms with E-state index in [1.807, 2.05) is 97.1 Å². The maximum atomic E-state index is 12.9. The number of aliphatic hydroxyl groups is 2. The average Bonchev–Trinajstić information content (AvgIpc) is 3.50. The van der Waals surface area contributed by atoms with Crippen molar-refractivity contribution in [1.82, 2.24) is 9.13 Å². The molecule has 2 aromatic heterocycles. The first-order chi connectivity index (χ1) is 20.3. The highest BCUT2D eigenvalue weighted by Gasteiger charge is 2.27. The molecule has 4 atom stereocenters. The largest absolute Gasteiger partial charge is 0.435 e. The van der Waals surface area contributed by atoms with Crippen molar-refractivity contribution in [2.24, 2.45) is 0 Å². The fraction of sp³-hybridized carbons (Fsp3) is 0.176. The number of para-hydroxylation sites is 4. The van der Waals surface area contributed by atoms with Crippen LogP contribution in [-0.2, 0) is 19.1 Å². The Kier molecular flexibility index (Phi) is 7.24. The first-order valence-corrected chi connectivity index (χ1v) is 13.8. The van der Waals surface area contributed by atoms with E-state index in [0.29, 0.717) is 0 Å². The van der Waals surface area contributed by atoms with Gasteiger partial charge in [0, 0.05) is 33.7 Å². The van der Waals surface area contributed by atoms with E-state index in [1.54, 1.807) is 23.0 Å². The van der Waals surface area contributed by atoms with E-state index in [0.717, 1.165) is 55.8 Å². The molecule has 0 aliphatic heterocycles. The SMILES string of the molecule is CC(O)C(OC(=O)/C=C/C(=O)OC(C(C)O)n1c2ccccc2c2ccccc21)n1c2ccccc2c2ccccc21. The van der Waals surface area contributed by atoms with E-state index in [1.165, 1.54) is 0 Å². The van der Waals surface area contributed by atoms with Crippen molar-refractivity contribution in [3.8, 4) is 0 Å². The van der Waals surface area contributed by atoms with Gasteiger partial charge >= 0.3 is 11.9 Å². The Bertz CT molecular complexity index is 1720. The summed E-state index contributed by atoms with van der Waals surface area (Å²) in [4.78, 5) is 25.9. The zero-order valence-electron chi connectivity index (χ0n) is 23.1. The number of carbonyl (C=O) groups is 2. The third kappa shape index (κ3) is 4.81. The van der Waals surface area contributed by atoms with Gasteiger partial charge in [-0.05, 0) is 38.1 Å². The number of hydrogen-bond donors (Lipinski definition) is 2. The van der Waals surface area contributed by atoms with Gasteiger partial charge in [-0.2, -0.15) is 0 Å². The number of carbonyl (C=O) groups excluding carboxylic acids is 2. The lowest BCUT2D eigenvalue weighted by atomic mass is 10.2. The van der Waals surface area contributed by atoms with Crippen LogP contribution in [0.4, 0.5) is 0 Å². The zero-order valence-corrected chi connectivity index (χ0v) is 23.1. The predicted molar refractivity (Wildman–Crippen MR) is 162 cm³/mol. The summed E-state index contributed by atoms with van der Waals surface area (Å²) in [6.45, 7) is 3.08. The van der Waals surface area contributed by atoms with Crippen molar-refractivity contribution in [3.63, 3.8) is 0 Å². The van der Waals surface area contributed by atoms with E-state index in [9.17, 15) is 19.8 Å². The second-order valence-corrected chi connectivity index (χ2v) is 10.3. The van der Waals surface area contributed by atoms with Crippen LogP contribution >= 0.6 is 0 Å². The molecule has 0 saturated heterocycles. The lowest BCUT2D eigenvalue weighted by Gasteiger charge is -2.24. The van der Waals surface area contributed by atoms with Crippen molar-refractivity contribution in [1.29, 1.82) is 0 Å². The van der Waals surface area contributed by atoms with Crippen LogP contribution in [0.15, 0.2) is 109 Å². The molecule has 6 aromatic rings. The van der Waals surface area contributed by atoms with Gasteiger partial charge < -0.3 is 28.8 Å². The molecule has 6 rings (SSSR count). The number of benzene rings is 4. The Morgan fingerprint density at radius 2 is 0.810 bits per heavy atom.